The van der Waals surface area contributed by atoms with E-state index in [2.05, 4.69) is 5.32 Å². The van der Waals surface area contributed by atoms with Gasteiger partial charge >= 0.3 is 11.9 Å². The minimum Gasteiger partial charge on any atom is -0.497 e. The second-order valence-corrected chi connectivity index (χ2v) is 10.7. The van der Waals surface area contributed by atoms with Crippen LogP contribution < -0.4 is 10.1 Å². The Labute approximate surface area is 245 Å². The molecular formula is C31H38N2O7S. The van der Waals surface area contributed by atoms with Crippen molar-refractivity contribution in [2.24, 2.45) is 0 Å². The van der Waals surface area contributed by atoms with Gasteiger partial charge < -0.3 is 24.4 Å². The highest BCUT2D eigenvalue weighted by Crippen LogP contribution is 2.28. The molecule has 2 aromatic rings. The topological polar surface area (TPSA) is 111 Å². The summed E-state index contributed by atoms with van der Waals surface area (Å²) in [6.07, 6.45) is 2.20. The molecule has 0 aliphatic carbocycles. The fraction of sp³-hybridized carbons (Fsp3) is 0.419. The molecule has 1 aliphatic rings. The highest BCUT2D eigenvalue weighted by molar-refractivity contribution is 8.02. The van der Waals surface area contributed by atoms with Gasteiger partial charge in [-0.15, -0.1) is 11.8 Å². The van der Waals surface area contributed by atoms with Gasteiger partial charge in [-0.1, -0.05) is 55.8 Å². The van der Waals surface area contributed by atoms with E-state index >= 15 is 0 Å². The van der Waals surface area contributed by atoms with E-state index in [9.17, 15) is 19.2 Å². The van der Waals surface area contributed by atoms with Crippen LogP contribution in [-0.2, 0) is 41.7 Å². The lowest BCUT2D eigenvalue weighted by atomic mass is 9.89. The monoisotopic (exact) mass is 582 g/mol. The van der Waals surface area contributed by atoms with Crippen LogP contribution in [0.3, 0.4) is 0 Å². The maximum atomic E-state index is 13.1. The molecule has 3 rings (SSSR count). The lowest BCUT2D eigenvalue weighted by molar-refractivity contribution is -0.161. The van der Waals surface area contributed by atoms with Gasteiger partial charge in [-0.2, -0.15) is 0 Å². The van der Waals surface area contributed by atoms with Crippen molar-refractivity contribution in [2.75, 3.05) is 26.0 Å². The Morgan fingerprint density at radius 1 is 1.00 bits per heavy atom. The van der Waals surface area contributed by atoms with Crippen molar-refractivity contribution < 1.29 is 33.4 Å². The van der Waals surface area contributed by atoms with E-state index in [0.29, 0.717) is 18.1 Å². The number of nitrogens with zero attached hydrogens (tertiary/aromatic N) is 1. The van der Waals surface area contributed by atoms with Crippen LogP contribution in [0.2, 0.25) is 0 Å². The Morgan fingerprint density at radius 3 is 2.41 bits per heavy atom. The summed E-state index contributed by atoms with van der Waals surface area (Å²) < 4.78 is 15.7. The average molecular weight is 583 g/mol. The number of ether oxygens (including phenoxy) is 3. The smallest absolute Gasteiger partial charge is 0.326 e. The largest absolute Gasteiger partial charge is 0.497 e. The minimum atomic E-state index is -0.795. The number of benzene rings is 2. The van der Waals surface area contributed by atoms with Gasteiger partial charge in [0, 0.05) is 5.75 Å². The number of amides is 2. The molecule has 2 atom stereocenters. The Bertz CT molecular complexity index is 1200. The highest BCUT2D eigenvalue weighted by atomic mass is 32.2. The summed E-state index contributed by atoms with van der Waals surface area (Å²) in [6, 6.07) is 15.1. The molecule has 9 nitrogen and oxygen atoms in total. The van der Waals surface area contributed by atoms with E-state index in [1.807, 2.05) is 49.6 Å². The predicted molar refractivity (Wildman–Crippen MR) is 157 cm³/mol. The molecule has 2 amide bonds. The molecule has 2 aromatic carbocycles. The number of esters is 2. The Kier molecular flexibility index (Phi) is 12.7. The van der Waals surface area contributed by atoms with Gasteiger partial charge in [-0.05, 0) is 47.6 Å². The number of rotatable bonds is 16. The zero-order chi connectivity index (χ0) is 29.6. The molecule has 0 aromatic heterocycles. The second kappa shape index (κ2) is 16.5. The van der Waals surface area contributed by atoms with Gasteiger partial charge in [0.05, 0.1) is 32.6 Å². The molecule has 41 heavy (non-hydrogen) atoms. The van der Waals surface area contributed by atoms with Gasteiger partial charge in [0.2, 0.25) is 11.8 Å². The molecule has 1 heterocycles. The average Bonchev–Trinajstić information content (AvgIpc) is 2.98. The summed E-state index contributed by atoms with van der Waals surface area (Å²) >= 11 is 1.42. The Morgan fingerprint density at radius 2 is 1.73 bits per heavy atom. The van der Waals surface area contributed by atoms with Gasteiger partial charge in [0.1, 0.15) is 24.9 Å². The minimum absolute atomic E-state index is 0.0613. The highest BCUT2D eigenvalue weighted by Gasteiger charge is 2.49. The van der Waals surface area contributed by atoms with E-state index in [1.165, 1.54) is 16.7 Å². The van der Waals surface area contributed by atoms with Crippen LogP contribution in [0, 0.1) is 0 Å². The first-order chi connectivity index (χ1) is 19.8. The van der Waals surface area contributed by atoms with Crippen molar-refractivity contribution in [2.45, 2.75) is 58.2 Å². The first kappa shape index (κ1) is 31.7. The molecule has 220 valence electrons. The van der Waals surface area contributed by atoms with Crippen molar-refractivity contribution >= 4 is 35.5 Å². The predicted octanol–water partition coefficient (Wildman–Crippen LogP) is 4.05. The molecule has 1 fully saturated rings. The molecule has 0 bridgehead atoms. The Balaban J connectivity index is 1.60. The van der Waals surface area contributed by atoms with Crippen molar-refractivity contribution in [3.8, 4) is 5.75 Å². The zero-order valence-corrected chi connectivity index (χ0v) is 24.6. The number of carbonyl (C=O) groups excluding carboxylic acids is 4. The van der Waals surface area contributed by atoms with Gasteiger partial charge in [-0.3, -0.25) is 19.2 Å². The zero-order valence-electron chi connectivity index (χ0n) is 23.8. The van der Waals surface area contributed by atoms with E-state index in [-0.39, 0.29) is 43.8 Å². The maximum Gasteiger partial charge on any atom is 0.326 e. The molecule has 0 radical (unpaired) electrons. The number of hydrogen-bond donors (Lipinski definition) is 1. The third-order valence-electron chi connectivity index (χ3n) is 6.50. The fourth-order valence-electron chi connectivity index (χ4n) is 4.26. The SMILES string of the molecule is CCCCOC(=O)CCSC=C(C)C1C(NC(=O)Cc2ccccc2)C(=O)N1CC(=O)OCc1ccc(OC)cc1. The number of β-lactam (4-membered cyclic amide) rings is 1. The Hall–Kier alpha value is -3.79. The summed E-state index contributed by atoms with van der Waals surface area (Å²) in [5.74, 6) is -0.223. The molecule has 1 N–H and O–H groups in total. The summed E-state index contributed by atoms with van der Waals surface area (Å²) in [4.78, 5) is 51.8. The van der Waals surface area contributed by atoms with Crippen molar-refractivity contribution in [1.29, 1.82) is 0 Å². The third-order valence-corrected chi connectivity index (χ3v) is 7.48. The lowest BCUT2D eigenvalue weighted by Crippen LogP contribution is -2.71. The van der Waals surface area contributed by atoms with Gasteiger partial charge in [-0.25, -0.2) is 0 Å². The van der Waals surface area contributed by atoms with E-state index < -0.39 is 18.1 Å². The molecule has 1 aliphatic heterocycles. The third kappa shape index (κ3) is 9.97. The summed E-state index contributed by atoms with van der Waals surface area (Å²) in [7, 11) is 1.57. The molecule has 0 saturated carbocycles. The van der Waals surface area contributed by atoms with Crippen molar-refractivity contribution in [3.05, 3.63) is 76.7 Å². The maximum absolute atomic E-state index is 13.1. The van der Waals surface area contributed by atoms with E-state index in [4.69, 9.17) is 14.2 Å². The number of nitrogens with one attached hydrogen (secondary N) is 1. The summed E-state index contributed by atoms with van der Waals surface area (Å²) in [6.45, 7) is 4.11. The molecule has 1 saturated heterocycles. The normalized spacial score (nSPS) is 16.5. The second-order valence-electron chi connectivity index (χ2n) is 9.68. The number of thioether (sulfide) groups is 1. The number of hydrogen-bond acceptors (Lipinski definition) is 8. The van der Waals surface area contributed by atoms with Gasteiger partial charge in [0.15, 0.2) is 0 Å². The molecular weight excluding hydrogens is 544 g/mol. The molecule has 2 unspecified atom stereocenters. The summed E-state index contributed by atoms with van der Waals surface area (Å²) in [5.41, 5.74) is 2.42. The fourth-order valence-corrected chi connectivity index (χ4v) is 5.06. The van der Waals surface area contributed by atoms with E-state index in [1.54, 1.807) is 31.4 Å². The van der Waals surface area contributed by atoms with Crippen LogP contribution in [0.15, 0.2) is 65.6 Å². The molecule has 10 heteroatoms. The number of unbranched alkanes of at least 4 members (excludes halogenated alkanes) is 1. The van der Waals surface area contributed by atoms with E-state index in [0.717, 1.165) is 29.5 Å². The van der Waals surface area contributed by atoms with Crippen LogP contribution in [0.5, 0.6) is 5.75 Å². The lowest BCUT2D eigenvalue weighted by Gasteiger charge is -2.47. The van der Waals surface area contributed by atoms with Crippen LogP contribution >= 0.6 is 11.8 Å². The first-order valence-corrected chi connectivity index (χ1v) is 14.7. The molecule has 0 spiro atoms. The quantitative estimate of drug-likeness (QED) is 0.179. The van der Waals surface area contributed by atoms with Crippen LogP contribution in [-0.4, -0.2) is 66.8 Å². The standard InChI is InChI=1S/C31H38N2O7S/c1-4-5-16-39-27(35)15-17-41-21-22(2)30-29(32-26(34)18-23-9-7-6-8-10-23)31(37)33(30)19-28(36)40-20-24-11-13-25(38-3)14-12-24/h6-14,21,29-30H,4-5,15-20H2,1-3H3,(H,32,34). The van der Waals surface area contributed by atoms with Crippen molar-refractivity contribution in [1.82, 2.24) is 10.2 Å². The first-order valence-electron chi connectivity index (χ1n) is 13.7. The number of carbonyl (C=O) groups is 4. The number of likely N-dealkylation sites (tertiary alicyclic amines) is 1. The van der Waals surface area contributed by atoms with Gasteiger partial charge in [0.25, 0.3) is 0 Å². The van der Waals surface area contributed by atoms with Crippen LogP contribution in [0.1, 0.15) is 44.2 Å². The number of methoxy groups -OCH3 is 1. The summed E-state index contributed by atoms with van der Waals surface area (Å²) in [5, 5.41) is 4.70. The van der Waals surface area contributed by atoms with Crippen LogP contribution in [0.4, 0.5) is 0 Å². The van der Waals surface area contributed by atoms with Crippen molar-refractivity contribution in [3.63, 3.8) is 0 Å². The van der Waals surface area contributed by atoms with Crippen LogP contribution in [0.25, 0.3) is 0 Å².